The quantitative estimate of drug-likeness (QED) is 0.425. The van der Waals surface area contributed by atoms with Gasteiger partial charge in [0.15, 0.2) is 5.82 Å². The van der Waals surface area contributed by atoms with Crippen LogP contribution in [0.15, 0.2) is 24.5 Å². The molecular weight excluding hydrogens is 470 g/mol. The highest BCUT2D eigenvalue weighted by Crippen LogP contribution is 2.37. The molecule has 0 unspecified atom stereocenters. The van der Waals surface area contributed by atoms with Crippen LogP contribution in [-0.2, 0) is 11.0 Å². The Balaban J connectivity index is 2.06. The van der Waals surface area contributed by atoms with Crippen molar-refractivity contribution >= 4 is 46.5 Å². The second-order valence-electron chi connectivity index (χ2n) is 6.59. The topological polar surface area (TPSA) is 114 Å². The number of aryl methyl sites for hydroxylation is 1. The van der Waals surface area contributed by atoms with Gasteiger partial charge in [0.2, 0.25) is 11.9 Å². The van der Waals surface area contributed by atoms with Gasteiger partial charge in [0.1, 0.15) is 22.2 Å². The first-order chi connectivity index (χ1) is 15.5. The molecule has 2 aromatic heterocycles. The van der Waals surface area contributed by atoms with Crippen molar-refractivity contribution in [3.8, 4) is 6.01 Å². The molecule has 0 saturated heterocycles. The monoisotopic (exact) mass is 485 g/mol. The number of ether oxygens (including phenoxy) is 1. The molecule has 1 amide bonds. The maximum Gasteiger partial charge on any atom is 0.421 e. The molecule has 9 nitrogen and oxygen atoms in total. The second kappa shape index (κ2) is 9.40. The van der Waals surface area contributed by atoms with Crippen LogP contribution >= 0.6 is 11.6 Å². The van der Waals surface area contributed by atoms with Gasteiger partial charge in [0.05, 0.1) is 24.7 Å². The molecule has 0 aliphatic carbocycles. The van der Waals surface area contributed by atoms with Crippen molar-refractivity contribution in [1.29, 1.82) is 0 Å². The van der Waals surface area contributed by atoms with Crippen molar-refractivity contribution in [3.63, 3.8) is 0 Å². The van der Waals surface area contributed by atoms with Crippen LogP contribution in [0.25, 0.3) is 0 Å². The van der Waals surface area contributed by atoms with Crippen molar-refractivity contribution < 1.29 is 27.1 Å². The van der Waals surface area contributed by atoms with Gasteiger partial charge in [-0.25, -0.2) is 14.4 Å². The van der Waals surface area contributed by atoms with E-state index in [1.807, 2.05) is 0 Å². The number of hydrogen-bond acceptors (Lipinski definition) is 8. The normalized spacial score (nSPS) is 11.2. The number of anilines is 5. The summed E-state index contributed by atoms with van der Waals surface area (Å²) in [5, 5.41) is 7.48. The van der Waals surface area contributed by atoms with Crippen LogP contribution in [0.4, 0.5) is 46.5 Å². The standard InChI is InChI=1S/C19H16ClF4N7O2/c1-8-4-13(27-9(2)32)14(5-12(8)21)28-15-10(19(22,23)24)6-25-17(29-15)30-16-11(20)7-26-18(31-16)33-3/h4-7H,1-3H3,(H,27,32)(H2,25,26,28,29,30,31). The Morgan fingerprint density at radius 2 is 1.79 bits per heavy atom. The lowest BCUT2D eigenvalue weighted by atomic mass is 10.1. The number of hydrogen-bond donors (Lipinski definition) is 3. The molecule has 2 heterocycles. The minimum Gasteiger partial charge on any atom is -0.467 e. The summed E-state index contributed by atoms with van der Waals surface area (Å²) in [5.74, 6) is -2.23. The molecule has 0 radical (unpaired) electrons. The van der Waals surface area contributed by atoms with Crippen LogP contribution in [-0.4, -0.2) is 33.0 Å². The first-order valence-corrected chi connectivity index (χ1v) is 9.48. The molecule has 3 aromatic rings. The van der Waals surface area contributed by atoms with Crippen LogP contribution in [0.5, 0.6) is 6.01 Å². The SMILES string of the molecule is COc1ncc(Cl)c(Nc2ncc(C(F)(F)F)c(Nc3cc(F)c(C)cc3NC(C)=O)n2)n1. The molecule has 0 aliphatic heterocycles. The van der Waals surface area contributed by atoms with Crippen molar-refractivity contribution in [1.82, 2.24) is 19.9 Å². The summed E-state index contributed by atoms with van der Waals surface area (Å²) in [7, 11) is 1.32. The van der Waals surface area contributed by atoms with E-state index in [4.69, 9.17) is 16.3 Å². The van der Waals surface area contributed by atoms with Crippen LogP contribution in [0.1, 0.15) is 18.1 Å². The van der Waals surface area contributed by atoms with Gasteiger partial charge in [0.25, 0.3) is 0 Å². The van der Waals surface area contributed by atoms with Gasteiger partial charge in [-0.05, 0) is 24.6 Å². The Morgan fingerprint density at radius 3 is 2.42 bits per heavy atom. The van der Waals surface area contributed by atoms with Crippen molar-refractivity contribution in [2.75, 3.05) is 23.1 Å². The van der Waals surface area contributed by atoms with E-state index >= 15 is 0 Å². The number of amides is 1. The highest BCUT2D eigenvalue weighted by Gasteiger charge is 2.35. The van der Waals surface area contributed by atoms with E-state index in [2.05, 4.69) is 35.9 Å². The first kappa shape index (κ1) is 23.9. The van der Waals surface area contributed by atoms with Gasteiger partial charge in [-0.3, -0.25) is 4.79 Å². The number of nitrogens with zero attached hydrogens (tertiary/aromatic N) is 4. The van der Waals surface area contributed by atoms with Gasteiger partial charge in [-0.1, -0.05) is 11.6 Å². The highest BCUT2D eigenvalue weighted by atomic mass is 35.5. The lowest BCUT2D eigenvalue weighted by Crippen LogP contribution is -2.14. The molecule has 0 atom stereocenters. The van der Waals surface area contributed by atoms with Crippen LogP contribution in [0.2, 0.25) is 5.02 Å². The zero-order valence-corrected chi connectivity index (χ0v) is 18.1. The Labute approximate surface area is 189 Å². The van der Waals surface area contributed by atoms with Crippen LogP contribution < -0.4 is 20.7 Å². The summed E-state index contributed by atoms with van der Waals surface area (Å²) in [6, 6.07) is 2.17. The predicted octanol–water partition coefficient (Wildman–Crippen LogP) is 4.84. The fourth-order valence-electron chi connectivity index (χ4n) is 2.59. The first-order valence-electron chi connectivity index (χ1n) is 9.10. The fraction of sp³-hybridized carbons (Fsp3) is 0.211. The number of carbonyl (C=O) groups excluding carboxylic acids is 1. The number of rotatable bonds is 6. The summed E-state index contributed by atoms with van der Waals surface area (Å²) < 4.78 is 59.8. The molecule has 33 heavy (non-hydrogen) atoms. The van der Waals surface area contributed by atoms with Gasteiger partial charge < -0.3 is 20.7 Å². The average molecular weight is 486 g/mol. The maximum absolute atomic E-state index is 14.2. The molecule has 0 spiro atoms. The molecular formula is C19H16ClF4N7O2. The van der Waals surface area contributed by atoms with Crippen molar-refractivity contribution in [2.45, 2.75) is 20.0 Å². The Hall–Kier alpha value is -3.74. The third-order valence-electron chi connectivity index (χ3n) is 4.09. The molecule has 14 heteroatoms. The number of halogens is 5. The van der Waals surface area contributed by atoms with E-state index < -0.39 is 29.3 Å². The smallest absolute Gasteiger partial charge is 0.421 e. The maximum atomic E-state index is 14.2. The van der Waals surface area contributed by atoms with Crippen molar-refractivity contribution in [2.24, 2.45) is 0 Å². The van der Waals surface area contributed by atoms with Gasteiger partial charge in [0, 0.05) is 13.1 Å². The number of nitrogens with one attached hydrogen (secondary N) is 3. The molecule has 3 rings (SSSR count). The minimum absolute atomic E-state index is 0.0189. The average Bonchev–Trinajstić information content (AvgIpc) is 2.72. The summed E-state index contributed by atoms with van der Waals surface area (Å²) in [6.07, 6.45) is -3.09. The zero-order valence-electron chi connectivity index (χ0n) is 17.3. The minimum atomic E-state index is -4.84. The molecule has 1 aromatic carbocycles. The molecule has 0 saturated carbocycles. The molecule has 174 valence electrons. The van der Waals surface area contributed by atoms with Crippen LogP contribution in [0.3, 0.4) is 0 Å². The largest absolute Gasteiger partial charge is 0.467 e. The number of alkyl halides is 3. The lowest BCUT2D eigenvalue weighted by molar-refractivity contribution is -0.137. The summed E-state index contributed by atoms with van der Waals surface area (Å²) in [6.45, 7) is 2.65. The van der Waals surface area contributed by atoms with E-state index in [1.165, 1.54) is 33.2 Å². The third-order valence-corrected chi connectivity index (χ3v) is 4.37. The number of aromatic nitrogens is 4. The van der Waals surface area contributed by atoms with E-state index in [1.54, 1.807) is 0 Å². The Kier molecular flexibility index (Phi) is 6.81. The zero-order chi connectivity index (χ0) is 24.3. The predicted molar refractivity (Wildman–Crippen MR) is 113 cm³/mol. The number of carbonyl (C=O) groups is 1. The molecule has 3 N–H and O–H groups in total. The fourth-order valence-corrected chi connectivity index (χ4v) is 2.73. The van der Waals surface area contributed by atoms with Gasteiger partial charge in [-0.15, -0.1) is 0 Å². The van der Waals surface area contributed by atoms with E-state index in [-0.39, 0.29) is 39.7 Å². The van der Waals surface area contributed by atoms with E-state index in [9.17, 15) is 22.4 Å². The van der Waals surface area contributed by atoms with Gasteiger partial charge in [-0.2, -0.15) is 23.1 Å². The molecule has 0 bridgehead atoms. The second-order valence-corrected chi connectivity index (χ2v) is 6.99. The molecule has 0 aliphatic rings. The van der Waals surface area contributed by atoms with Gasteiger partial charge >= 0.3 is 12.2 Å². The van der Waals surface area contributed by atoms with E-state index in [0.29, 0.717) is 6.20 Å². The van der Waals surface area contributed by atoms with Crippen LogP contribution in [0, 0.1) is 12.7 Å². The number of benzene rings is 1. The third kappa shape index (κ3) is 5.74. The highest BCUT2D eigenvalue weighted by molar-refractivity contribution is 6.32. The summed E-state index contributed by atoms with van der Waals surface area (Å²) in [4.78, 5) is 26.7. The Morgan fingerprint density at radius 1 is 1.06 bits per heavy atom. The lowest BCUT2D eigenvalue weighted by Gasteiger charge is -2.17. The Bertz CT molecular complexity index is 1210. The molecule has 0 fully saturated rings. The summed E-state index contributed by atoms with van der Waals surface area (Å²) in [5.41, 5.74) is -1.14. The summed E-state index contributed by atoms with van der Waals surface area (Å²) >= 11 is 6.00. The van der Waals surface area contributed by atoms with E-state index in [0.717, 1.165) is 6.07 Å². The van der Waals surface area contributed by atoms with Crippen molar-refractivity contribution in [3.05, 3.63) is 46.5 Å². The number of methoxy groups -OCH3 is 1.